The average Bonchev–Trinajstić information content (AvgIpc) is 3.13. The van der Waals surface area contributed by atoms with Crippen LogP contribution in [0.4, 0.5) is 11.4 Å². The molecule has 2 aromatic carbocycles. The molecule has 5 nitrogen and oxygen atoms in total. The second-order valence-electron chi connectivity index (χ2n) is 7.40. The predicted molar refractivity (Wildman–Crippen MR) is 100 cm³/mol. The summed E-state index contributed by atoms with van der Waals surface area (Å²) in [4.78, 5) is 14.4. The number of amides is 1. The third-order valence-electron chi connectivity index (χ3n) is 5.68. The minimum Gasteiger partial charge on any atom is -0.312 e. The molecule has 2 aromatic rings. The molecule has 0 radical (unpaired) electrons. The Morgan fingerprint density at radius 2 is 1.85 bits per heavy atom. The number of nitrogens with zero attached hydrogens (tertiary/aromatic N) is 2. The van der Waals surface area contributed by atoms with Crippen LogP contribution in [-0.2, 0) is 34.1 Å². The predicted octanol–water partition coefficient (Wildman–Crippen LogP) is 2.66. The SMILES string of the molecule is C[C@@H]1Cc2ccccc2N1S(=O)(=O)c1cc2c3c(c1)CC(=O)N3CCC2. The molecular weight excluding hydrogens is 348 g/mol. The number of hydrogen-bond acceptors (Lipinski definition) is 3. The molecule has 0 aromatic heterocycles. The van der Waals surface area contributed by atoms with Gasteiger partial charge in [-0.2, -0.15) is 0 Å². The molecule has 0 saturated carbocycles. The second-order valence-corrected chi connectivity index (χ2v) is 9.21. The fourth-order valence-electron chi connectivity index (χ4n) is 4.61. The number of anilines is 2. The Balaban J connectivity index is 1.65. The van der Waals surface area contributed by atoms with Gasteiger partial charge >= 0.3 is 0 Å². The van der Waals surface area contributed by atoms with Crippen LogP contribution in [0.15, 0.2) is 41.3 Å². The molecule has 0 bridgehead atoms. The largest absolute Gasteiger partial charge is 0.312 e. The molecule has 0 unspecified atom stereocenters. The monoisotopic (exact) mass is 368 g/mol. The number of fused-ring (bicyclic) bond motifs is 1. The van der Waals surface area contributed by atoms with Crippen LogP contribution in [-0.4, -0.2) is 26.9 Å². The van der Waals surface area contributed by atoms with E-state index < -0.39 is 10.0 Å². The normalized spacial score (nSPS) is 21.1. The molecule has 3 aliphatic rings. The molecular formula is C20H20N2O3S. The van der Waals surface area contributed by atoms with E-state index in [4.69, 9.17) is 0 Å². The van der Waals surface area contributed by atoms with Crippen LogP contribution in [0.25, 0.3) is 0 Å². The van der Waals surface area contributed by atoms with Gasteiger partial charge in [0.25, 0.3) is 10.0 Å². The Hall–Kier alpha value is -2.34. The number of rotatable bonds is 2. The van der Waals surface area contributed by atoms with Gasteiger partial charge < -0.3 is 4.90 Å². The van der Waals surface area contributed by atoms with Crippen molar-refractivity contribution in [1.29, 1.82) is 0 Å². The summed E-state index contributed by atoms with van der Waals surface area (Å²) in [7, 11) is -3.66. The van der Waals surface area contributed by atoms with Gasteiger partial charge in [0.15, 0.2) is 0 Å². The highest BCUT2D eigenvalue weighted by Gasteiger charge is 2.38. The topological polar surface area (TPSA) is 57.7 Å². The van der Waals surface area contributed by atoms with Gasteiger partial charge in [-0.25, -0.2) is 8.42 Å². The summed E-state index contributed by atoms with van der Waals surface area (Å²) in [5.41, 5.74) is 4.62. The van der Waals surface area contributed by atoms with E-state index >= 15 is 0 Å². The first kappa shape index (κ1) is 15.9. The minimum absolute atomic E-state index is 0.0791. The lowest BCUT2D eigenvalue weighted by Crippen LogP contribution is -2.36. The zero-order chi connectivity index (χ0) is 18.1. The molecule has 6 heteroatoms. The standard InChI is InChI=1S/C20H20N2O3S/c1-13-9-14-5-2-3-7-18(14)22(13)26(24,25)17-10-15-6-4-8-21-19(23)12-16(11-17)20(15)21/h2-3,5,7,10-11,13H,4,6,8-9,12H2,1H3/t13-/m1/s1. The summed E-state index contributed by atoms with van der Waals surface area (Å²) >= 11 is 0. The van der Waals surface area contributed by atoms with E-state index in [9.17, 15) is 13.2 Å². The smallest absolute Gasteiger partial charge is 0.264 e. The van der Waals surface area contributed by atoms with Crippen LogP contribution in [0, 0.1) is 0 Å². The summed E-state index contributed by atoms with van der Waals surface area (Å²) < 4.78 is 28.5. The van der Waals surface area contributed by atoms with Gasteiger partial charge in [0, 0.05) is 12.6 Å². The second kappa shape index (κ2) is 5.33. The van der Waals surface area contributed by atoms with Crippen molar-refractivity contribution >= 4 is 27.3 Å². The number of hydrogen-bond donors (Lipinski definition) is 0. The van der Waals surface area contributed by atoms with Crippen molar-refractivity contribution in [3.05, 3.63) is 53.1 Å². The Morgan fingerprint density at radius 3 is 2.69 bits per heavy atom. The minimum atomic E-state index is -3.66. The lowest BCUT2D eigenvalue weighted by atomic mass is 10.0. The van der Waals surface area contributed by atoms with Gasteiger partial charge in [0.2, 0.25) is 5.91 Å². The van der Waals surface area contributed by atoms with Crippen molar-refractivity contribution in [2.45, 2.75) is 43.5 Å². The van der Waals surface area contributed by atoms with E-state index in [1.165, 1.54) is 0 Å². The molecule has 0 N–H and O–H groups in total. The van der Waals surface area contributed by atoms with Crippen molar-refractivity contribution in [2.75, 3.05) is 15.7 Å². The molecule has 1 amide bonds. The van der Waals surface area contributed by atoms with Gasteiger partial charge in [-0.05, 0) is 61.1 Å². The van der Waals surface area contributed by atoms with Gasteiger partial charge in [-0.15, -0.1) is 0 Å². The van der Waals surface area contributed by atoms with Crippen molar-refractivity contribution in [3.8, 4) is 0 Å². The highest BCUT2D eigenvalue weighted by atomic mass is 32.2. The number of benzene rings is 2. The quantitative estimate of drug-likeness (QED) is 0.819. The molecule has 0 saturated heterocycles. The Kier molecular flexibility index (Phi) is 3.26. The molecule has 134 valence electrons. The number of aryl methyl sites for hydroxylation is 1. The summed E-state index contributed by atoms with van der Waals surface area (Å²) in [6.45, 7) is 2.68. The van der Waals surface area contributed by atoms with Crippen molar-refractivity contribution in [3.63, 3.8) is 0 Å². The van der Waals surface area contributed by atoms with E-state index in [-0.39, 0.29) is 11.9 Å². The Bertz CT molecular complexity index is 1050. The zero-order valence-electron chi connectivity index (χ0n) is 14.6. The molecule has 0 spiro atoms. The van der Waals surface area contributed by atoms with Gasteiger partial charge in [-0.3, -0.25) is 9.10 Å². The van der Waals surface area contributed by atoms with E-state index in [1.807, 2.05) is 36.1 Å². The Labute approximate surface area is 153 Å². The van der Waals surface area contributed by atoms with Crippen molar-refractivity contribution in [1.82, 2.24) is 0 Å². The summed E-state index contributed by atoms with van der Waals surface area (Å²) in [6.07, 6.45) is 2.73. The lowest BCUT2D eigenvalue weighted by Gasteiger charge is -2.28. The van der Waals surface area contributed by atoms with Crippen LogP contribution in [0.5, 0.6) is 0 Å². The first-order chi connectivity index (χ1) is 12.5. The molecule has 0 fully saturated rings. The van der Waals surface area contributed by atoms with E-state index in [2.05, 4.69) is 0 Å². The third-order valence-corrected chi connectivity index (χ3v) is 7.59. The molecule has 1 atom stereocenters. The number of sulfonamides is 1. The van der Waals surface area contributed by atoms with E-state index in [1.54, 1.807) is 16.4 Å². The first-order valence-corrected chi connectivity index (χ1v) is 10.5. The van der Waals surface area contributed by atoms with Crippen LogP contribution in [0.3, 0.4) is 0 Å². The molecule has 3 aliphatic heterocycles. The van der Waals surface area contributed by atoms with Crippen molar-refractivity contribution < 1.29 is 13.2 Å². The number of para-hydroxylation sites is 1. The fourth-order valence-corrected chi connectivity index (χ4v) is 6.41. The van der Waals surface area contributed by atoms with Crippen LogP contribution >= 0.6 is 0 Å². The highest BCUT2D eigenvalue weighted by Crippen LogP contribution is 2.41. The Morgan fingerprint density at radius 1 is 1.08 bits per heavy atom. The molecule has 26 heavy (non-hydrogen) atoms. The average molecular weight is 368 g/mol. The van der Waals surface area contributed by atoms with Gasteiger partial charge in [-0.1, -0.05) is 18.2 Å². The van der Waals surface area contributed by atoms with Crippen LogP contribution < -0.4 is 9.21 Å². The van der Waals surface area contributed by atoms with Gasteiger partial charge in [0.1, 0.15) is 0 Å². The molecule has 5 rings (SSSR count). The maximum Gasteiger partial charge on any atom is 0.264 e. The summed E-state index contributed by atoms with van der Waals surface area (Å²) in [5, 5.41) is 0. The maximum atomic E-state index is 13.5. The van der Waals surface area contributed by atoms with Crippen molar-refractivity contribution in [2.24, 2.45) is 0 Å². The van der Waals surface area contributed by atoms with Gasteiger partial charge in [0.05, 0.1) is 22.7 Å². The zero-order valence-corrected chi connectivity index (χ0v) is 15.4. The van der Waals surface area contributed by atoms with Crippen LogP contribution in [0.2, 0.25) is 0 Å². The highest BCUT2D eigenvalue weighted by molar-refractivity contribution is 7.92. The van der Waals surface area contributed by atoms with Crippen LogP contribution in [0.1, 0.15) is 30.0 Å². The summed E-state index contributed by atoms with van der Waals surface area (Å²) in [5.74, 6) is 0.0791. The third kappa shape index (κ3) is 2.08. The maximum absolute atomic E-state index is 13.5. The number of carbonyl (C=O) groups excluding carboxylic acids is 1. The molecule has 3 heterocycles. The molecule has 0 aliphatic carbocycles. The number of carbonyl (C=O) groups is 1. The fraction of sp³-hybridized carbons (Fsp3) is 0.350. The lowest BCUT2D eigenvalue weighted by molar-refractivity contribution is -0.117. The summed E-state index contributed by atoms with van der Waals surface area (Å²) in [6, 6.07) is 11.1. The first-order valence-electron chi connectivity index (χ1n) is 9.05. The van der Waals surface area contributed by atoms with E-state index in [0.717, 1.165) is 53.9 Å². The van der Waals surface area contributed by atoms with E-state index in [0.29, 0.717) is 11.3 Å².